The molecule has 0 aliphatic carbocycles. The topological polar surface area (TPSA) is 84.3 Å². The van der Waals surface area contributed by atoms with Gasteiger partial charge in [-0.15, -0.1) is 0 Å². The average molecular weight is 443 g/mol. The van der Waals surface area contributed by atoms with Gasteiger partial charge in [-0.05, 0) is 48.7 Å². The lowest BCUT2D eigenvalue weighted by Gasteiger charge is -2.11. The molecule has 8 heteroatoms. The number of aryl methyl sites for hydroxylation is 2. The lowest BCUT2D eigenvalue weighted by atomic mass is 10.0. The normalized spacial score (nSPS) is 12.1. The smallest absolute Gasteiger partial charge is 0.242 e. The molecule has 0 unspecified atom stereocenters. The molecule has 0 spiro atoms. The van der Waals surface area contributed by atoms with Gasteiger partial charge in [0.1, 0.15) is 5.82 Å². The van der Waals surface area contributed by atoms with E-state index in [4.69, 9.17) is 0 Å². The van der Waals surface area contributed by atoms with Gasteiger partial charge in [-0.3, -0.25) is 4.79 Å². The number of amides is 1. The summed E-state index contributed by atoms with van der Waals surface area (Å²) in [4.78, 5) is 17.4. The van der Waals surface area contributed by atoms with E-state index in [-0.39, 0.29) is 17.2 Å². The molecule has 0 atom stereocenters. The van der Waals surface area contributed by atoms with Gasteiger partial charge in [0.05, 0.1) is 15.9 Å². The molecule has 0 aliphatic heterocycles. The van der Waals surface area contributed by atoms with Crippen LogP contribution in [0.1, 0.15) is 44.5 Å². The van der Waals surface area contributed by atoms with Crippen LogP contribution in [-0.4, -0.2) is 42.3 Å². The summed E-state index contributed by atoms with van der Waals surface area (Å²) in [6.07, 6.45) is 0.756. The Morgan fingerprint density at radius 3 is 2.55 bits per heavy atom. The van der Waals surface area contributed by atoms with Gasteiger partial charge in [0.2, 0.25) is 15.9 Å². The van der Waals surface area contributed by atoms with Gasteiger partial charge in [-0.2, -0.15) is 0 Å². The second kappa shape index (κ2) is 9.20. The average Bonchev–Trinajstić information content (AvgIpc) is 3.09. The van der Waals surface area contributed by atoms with Gasteiger partial charge in [0.25, 0.3) is 0 Å². The maximum absolute atomic E-state index is 12.5. The molecule has 0 saturated carbocycles. The monoisotopic (exact) mass is 442 g/mol. The number of rotatable bonds is 8. The van der Waals surface area contributed by atoms with Crippen molar-refractivity contribution in [3.8, 4) is 0 Å². The van der Waals surface area contributed by atoms with E-state index in [1.54, 1.807) is 18.2 Å². The molecule has 1 aromatic heterocycles. The predicted octanol–water partition coefficient (Wildman–Crippen LogP) is 4.00. The fourth-order valence-corrected chi connectivity index (χ4v) is 4.42. The Bertz CT molecular complexity index is 1200. The van der Waals surface area contributed by atoms with Gasteiger partial charge in [-0.1, -0.05) is 26.0 Å². The second-order valence-corrected chi connectivity index (χ2v) is 10.2. The Morgan fingerprint density at radius 1 is 1.16 bits per heavy atom. The molecule has 0 bridgehead atoms. The molecular weight excluding hydrogens is 412 g/mol. The standard InChI is InChI=1S/C23H30N4O3S/c1-6-27-21-11-10-19(31(29,30)26(4)5)15-20(21)25-22(27)12-13-23(28)24-18-9-7-8-17(14-18)16(2)3/h7-11,14-16H,6,12-13H2,1-5H3,(H,24,28). The first-order chi connectivity index (χ1) is 14.6. The maximum Gasteiger partial charge on any atom is 0.242 e. The number of nitrogens with one attached hydrogen (secondary N) is 1. The van der Waals surface area contributed by atoms with Gasteiger partial charge in [0.15, 0.2) is 0 Å². The number of hydrogen-bond acceptors (Lipinski definition) is 4. The molecule has 0 radical (unpaired) electrons. The first kappa shape index (κ1) is 23.0. The summed E-state index contributed by atoms with van der Waals surface area (Å²) in [6, 6.07) is 12.9. The molecule has 31 heavy (non-hydrogen) atoms. The van der Waals surface area contributed by atoms with Crippen molar-refractivity contribution in [1.82, 2.24) is 13.9 Å². The van der Waals surface area contributed by atoms with E-state index < -0.39 is 10.0 Å². The van der Waals surface area contributed by atoms with E-state index in [9.17, 15) is 13.2 Å². The molecule has 1 N–H and O–H groups in total. The Morgan fingerprint density at radius 2 is 1.90 bits per heavy atom. The number of anilines is 1. The molecular formula is C23H30N4O3S. The lowest BCUT2D eigenvalue weighted by Crippen LogP contribution is -2.22. The Hall–Kier alpha value is -2.71. The van der Waals surface area contributed by atoms with Crippen molar-refractivity contribution >= 4 is 32.7 Å². The highest BCUT2D eigenvalue weighted by atomic mass is 32.2. The van der Waals surface area contributed by atoms with Gasteiger partial charge >= 0.3 is 0 Å². The molecule has 166 valence electrons. The van der Waals surface area contributed by atoms with Crippen molar-refractivity contribution in [3.63, 3.8) is 0 Å². The SMILES string of the molecule is CCn1c(CCC(=O)Nc2cccc(C(C)C)c2)nc2cc(S(=O)(=O)N(C)C)ccc21. The Balaban J connectivity index is 1.78. The largest absolute Gasteiger partial charge is 0.328 e. The third kappa shape index (κ3) is 4.97. The molecule has 0 fully saturated rings. The van der Waals surface area contributed by atoms with E-state index in [1.807, 2.05) is 29.7 Å². The van der Waals surface area contributed by atoms with Crippen LogP contribution < -0.4 is 5.32 Å². The summed E-state index contributed by atoms with van der Waals surface area (Å²) in [5.41, 5.74) is 3.44. The number of carbonyl (C=O) groups is 1. The molecule has 2 aromatic carbocycles. The predicted molar refractivity (Wildman–Crippen MR) is 124 cm³/mol. The number of nitrogens with zero attached hydrogens (tertiary/aromatic N) is 3. The van der Waals surface area contributed by atoms with Crippen molar-refractivity contribution in [1.29, 1.82) is 0 Å². The van der Waals surface area contributed by atoms with Crippen LogP contribution >= 0.6 is 0 Å². The van der Waals surface area contributed by atoms with E-state index in [1.165, 1.54) is 24.0 Å². The fraction of sp³-hybridized carbons (Fsp3) is 0.391. The highest BCUT2D eigenvalue weighted by molar-refractivity contribution is 7.89. The summed E-state index contributed by atoms with van der Waals surface area (Å²) < 4.78 is 28.1. The highest BCUT2D eigenvalue weighted by Crippen LogP contribution is 2.23. The van der Waals surface area contributed by atoms with E-state index in [2.05, 4.69) is 30.2 Å². The number of aromatic nitrogens is 2. The first-order valence-corrected chi connectivity index (χ1v) is 11.9. The summed E-state index contributed by atoms with van der Waals surface area (Å²) in [5, 5.41) is 2.96. The number of imidazole rings is 1. The number of benzene rings is 2. The van der Waals surface area contributed by atoms with E-state index in [0.717, 1.165) is 17.0 Å². The van der Waals surface area contributed by atoms with Crippen LogP contribution in [0.25, 0.3) is 11.0 Å². The van der Waals surface area contributed by atoms with Crippen LogP contribution in [0.5, 0.6) is 0 Å². The molecule has 3 aromatic rings. The van der Waals surface area contributed by atoms with E-state index >= 15 is 0 Å². The van der Waals surface area contributed by atoms with Crippen LogP contribution in [0.2, 0.25) is 0 Å². The Kier molecular flexibility index (Phi) is 6.81. The number of sulfonamides is 1. The first-order valence-electron chi connectivity index (χ1n) is 10.4. The molecule has 3 rings (SSSR count). The zero-order chi connectivity index (χ0) is 22.8. The molecule has 1 amide bonds. The fourth-order valence-electron chi connectivity index (χ4n) is 3.50. The summed E-state index contributed by atoms with van der Waals surface area (Å²) in [6.45, 7) is 6.92. The molecule has 1 heterocycles. The van der Waals surface area contributed by atoms with Crippen molar-refractivity contribution in [2.45, 2.75) is 51.0 Å². The maximum atomic E-state index is 12.5. The minimum absolute atomic E-state index is 0.0773. The van der Waals surface area contributed by atoms with Crippen LogP contribution in [0.4, 0.5) is 5.69 Å². The third-order valence-corrected chi connectivity index (χ3v) is 7.12. The second-order valence-electron chi connectivity index (χ2n) is 8.04. The van der Waals surface area contributed by atoms with Gasteiger partial charge in [-0.25, -0.2) is 17.7 Å². The minimum Gasteiger partial charge on any atom is -0.328 e. The molecule has 0 saturated heterocycles. The van der Waals surface area contributed by atoms with E-state index in [0.29, 0.717) is 24.4 Å². The van der Waals surface area contributed by atoms with Gasteiger partial charge in [0, 0.05) is 39.2 Å². The minimum atomic E-state index is -3.53. The Labute approximate surface area is 184 Å². The van der Waals surface area contributed by atoms with Crippen molar-refractivity contribution in [2.24, 2.45) is 0 Å². The van der Waals surface area contributed by atoms with Crippen molar-refractivity contribution < 1.29 is 13.2 Å². The zero-order valence-corrected chi connectivity index (χ0v) is 19.5. The summed E-state index contributed by atoms with van der Waals surface area (Å²) in [5.74, 6) is 1.08. The molecule has 0 aliphatic rings. The van der Waals surface area contributed by atoms with Crippen LogP contribution in [-0.2, 0) is 27.8 Å². The van der Waals surface area contributed by atoms with Crippen molar-refractivity contribution in [3.05, 3.63) is 53.9 Å². The highest BCUT2D eigenvalue weighted by Gasteiger charge is 2.19. The van der Waals surface area contributed by atoms with Crippen molar-refractivity contribution in [2.75, 3.05) is 19.4 Å². The van der Waals surface area contributed by atoms with Crippen LogP contribution in [0, 0.1) is 0 Å². The lowest BCUT2D eigenvalue weighted by molar-refractivity contribution is -0.116. The molecule has 7 nitrogen and oxygen atoms in total. The summed E-state index contributed by atoms with van der Waals surface area (Å²) in [7, 11) is -0.519. The quantitative estimate of drug-likeness (QED) is 0.571. The van der Waals surface area contributed by atoms with Crippen LogP contribution in [0.15, 0.2) is 47.4 Å². The van der Waals surface area contributed by atoms with Crippen LogP contribution in [0.3, 0.4) is 0 Å². The third-order valence-electron chi connectivity index (χ3n) is 5.31. The number of fused-ring (bicyclic) bond motifs is 1. The number of hydrogen-bond donors (Lipinski definition) is 1. The zero-order valence-electron chi connectivity index (χ0n) is 18.7. The van der Waals surface area contributed by atoms with Gasteiger partial charge < -0.3 is 9.88 Å². The number of carbonyl (C=O) groups excluding carboxylic acids is 1. The summed E-state index contributed by atoms with van der Waals surface area (Å²) >= 11 is 0.